The number of hydrogen-bond acceptors (Lipinski definition) is 6. The van der Waals surface area contributed by atoms with Crippen molar-refractivity contribution in [3.63, 3.8) is 0 Å². The standard InChI is InChI=1S/C20H28O6/c1-5-12(3)19(23)26-18-14(10-21)8-6-7-11(2)9-15-16(17(18)22)13(4)20(24)25-15/h8-9,12,15-18,21-22H,4-7,10H2,1-3H3/b11-9+,14-8+/t12-,15+,16+,17-,18+/m1/s1. The summed E-state index contributed by atoms with van der Waals surface area (Å²) in [5.41, 5.74) is 1.59. The van der Waals surface area contributed by atoms with Crippen LogP contribution in [0.3, 0.4) is 0 Å². The zero-order valence-electron chi connectivity index (χ0n) is 15.6. The Morgan fingerprint density at radius 1 is 1.50 bits per heavy atom. The molecule has 1 heterocycles. The van der Waals surface area contributed by atoms with Crippen LogP contribution < -0.4 is 0 Å². The summed E-state index contributed by atoms with van der Waals surface area (Å²) in [5, 5.41) is 20.8. The second-order valence-corrected chi connectivity index (χ2v) is 7.07. The maximum atomic E-state index is 12.3. The Morgan fingerprint density at radius 3 is 2.81 bits per heavy atom. The summed E-state index contributed by atoms with van der Waals surface area (Å²) < 4.78 is 10.9. The van der Waals surface area contributed by atoms with E-state index in [1.54, 1.807) is 13.0 Å². The minimum atomic E-state index is -1.24. The first-order chi connectivity index (χ1) is 12.3. The van der Waals surface area contributed by atoms with Crippen molar-refractivity contribution in [1.29, 1.82) is 0 Å². The normalized spacial score (nSPS) is 34.7. The molecule has 0 bridgehead atoms. The van der Waals surface area contributed by atoms with Gasteiger partial charge in [0.15, 0.2) is 6.10 Å². The van der Waals surface area contributed by atoms with Crippen LogP contribution in [-0.4, -0.2) is 47.1 Å². The molecular formula is C20H28O6. The fourth-order valence-corrected chi connectivity index (χ4v) is 3.23. The molecule has 0 aromatic carbocycles. The Hall–Kier alpha value is -1.92. The Labute approximate surface area is 154 Å². The van der Waals surface area contributed by atoms with E-state index in [2.05, 4.69) is 6.58 Å². The molecule has 6 heteroatoms. The molecule has 0 saturated carbocycles. The van der Waals surface area contributed by atoms with Crippen LogP contribution in [0.1, 0.15) is 40.0 Å². The maximum absolute atomic E-state index is 12.3. The van der Waals surface area contributed by atoms with Crippen LogP contribution in [0, 0.1) is 11.8 Å². The first-order valence-electron chi connectivity index (χ1n) is 9.05. The van der Waals surface area contributed by atoms with Crippen LogP contribution in [0.25, 0.3) is 0 Å². The fourth-order valence-electron chi connectivity index (χ4n) is 3.23. The van der Waals surface area contributed by atoms with E-state index in [-0.39, 0.29) is 18.1 Å². The highest BCUT2D eigenvalue weighted by molar-refractivity contribution is 5.91. The lowest BCUT2D eigenvalue weighted by Crippen LogP contribution is -2.43. The van der Waals surface area contributed by atoms with Crippen LogP contribution in [0.2, 0.25) is 0 Å². The number of esters is 2. The third-order valence-corrected chi connectivity index (χ3v) is 5.14. The van der Waals surface area contributed by atoms with E-state index in [1.807, 2.05) is 19.9 Å². The van der Waals surface area contributed by atoms with Gasteiger partial charge in [0.2, 0.25) is 0 Å². The van der Waals surface area contributed by atoms with E-state index < -0.39 is 36.2 Å². The number of hydrogen-bond donors (Lipinski definition) is 2. The molecule has 1 aliphatic heterocycles. The number of ether oxygens (including phenoxy) is 2. The van der Waals surface area contributed by atoms with Gasteiger partial charge >= 0.3 is 11.9 Å². The van der Waals surface area contributed by atoms with Crippen LogP contribution in [0.4, 0.5) is 0 Å². The fraction of sp³-hybridized carbons (Fsp3) is 0.600. The molecule has 1 fully saturated rings. The smallest absolute Gasteiger partial charge is 0.334 e. The summed E-state index contributed by atoms with van der Waals surface area (Å²) in [5.74, 6) is -2.09. The number of allylic oxidation sites excluding steroid dienone is 2. The van der Waals surface area contributed by atoms with Gasteiger partial charge in [-0.3, -0.25) is 4.79 Å². The highest BCUT2D eigenvalue weighted by atomic mass is 16.6. The lowest BCUT2D eigenvalue weighted by Gasteiger charge is -2.31. The van der Waals surface area contributed by atoms with E-state index in [4.69, 9.17) is 9.47 Å². The van der Waals surface area contributed by atoms with E-state index in [1.165, 1.54) is 0 Å². The van der Waals surface area contributed by atoms with Gasteiger partial charge in [0.1, 0.15) is 12.2 Å². The Kier molecular flexibility index (Phi) is 6.78. The van der Waals surface area contributed by atoms with Gasteiger partial charge in [-0.05, 0) is 37.8 Å². The molecule has 5 atom stereocenters. The lowest BCUT2D eigenvalue weighted by atomic mass is 9.83. The molecule has 0 amide bonds. The molecule has 0 aromatic rings. The molecule has 6 nitrogen and oxygen atoms in total. The summed E-state index contributed by atoms with van der Waals surface area (Å²) in [7, 11) is 0. The Balaban J connectivity index is 2.42. The third kappa shape index (κ3) is 4.24. The average molecular weight is 364 g/mol. The summed E-state index contributed by atoms with van der Waals surface area (Å²) in [6.07, 6.45) is 2.58. The van der Waals surface area contributed by atoms with Crippen molar-refractivity contribution in [3.05, 3.63) is 35.5 Å². The van der Waals surface area contributed by atoms with Gasteiger partial charge in [-0.15, -0.1) is 0 Å². The number of fused-ring (bicyclic) bond motifs is 1. The quantitative estimate of drug-likeness (QED) is 0.451. The number of carbonyl (C=O) groups is 2. The van der Waals surface area contributed by atoms with Gasteiger partial charge in [0.05, 0.1) is 18.4 Å². The molecule has 2 N–H and O–H groups in total. The number of rotatable bonds is 4. The van der Waals surface area contributed by atoms with Crippen molar-refractivity contribution in [2.24, 2.45) is 11.8 Å². The predicted molar refractivity (Wildman–Crippen MR) is 96.0 cm³/mol. The van der Waals surface area contributed by atoms with Gasteiger partial charge in [0, 0.05) is 5.57 Å². The summed E-state index contributed by atoms with van der Waals surface area (Å²) in [6.45, 7) is 8.94. The van der Waals surface area contributed by atoms with Crippen LogP contribution in [-0.2, 0) is 19.1 Å². The van der Waals surface area contributed by atoms with Crippen molar-refractivity contribution < 1.29 is 29.3 Å². The highest BCUT2D eigenvalue weighted by Crippen LogP contribution is 2.36. The molecule has 0 unspecified atom stereocenters. The molecule has 0 aromatic heterocycles. The molecule has 26 heavy (non-hydrogen) atoms. The number of carbonyl (C=O) groups excluding carboxylic acids is 2. The number of aliphatic hydroxyl groups excluding tert-OH is 2. The first kappa shape index (κ1) is 20.4. The van der Waals surface area contributed by atoms with Crippen molar-refractivity contribution in [2.45, 2.75) is 58.3 Å². The van der Waals surface area contributed by atoms with E-state index in [0.29, 0.717) is 24.8 Å². The van der Waals surface area contributed by atoms with E-state index >= 15 is 0 Å². The minimum Gasteiger partial charge on any atom is -0.455 e. The topological polar surface area (TPSA) is 93.1 Å². The van der Waals surface area contributed by atoms with Crippen molar-refractivity contribution in [1.82, 2.24) is 0 Å². The highest BCUT2D eigenvalue weighted by Gasteiger charge is 2.46. The van der Waals surface area contributed by atoms with Gasteiger partial charge in [-0.2, -0.15) is 0 Å². The maximum Gasteiger partial charge on any atom is 0.334 e. The minimum absolute atomic E-state index is 0.147. The molecule has 1 aliphatic carbocycles. The summed E-state index contributed by atoms with van der Waals surface area (Å²) in [6, 6.07) is 0. The molecule has 2 aliphatic rings. The van der Waals surface area contributed by atoms with E-state index in [0.717, 1.165) is 5.57 Å². The molecule has 0 radical (unpaired) electrons. The third-order valence-electron chi connectivity index (χ3n) is 5.14. The van der Waals surface area contributed by atoms with Crippen LogP contribution in [0.15, 0.2) is 35.5 Å². The lowest BCUT2D eigenvalue weighted by molar-refractivity contribution is -0.159. The summed E-state index contributed by atoms with van der Waals surface area (Å²) in [4.78, 5) is 24.3. The van der Waals surface area contributed by atoms with Crippen molar-refractivity contribution >= 4 is 11.9 Å². The zero-order chi connectivity index (χ0) is 19.4. The predicted octanol–water partition coefficient (Wildman–Crippen LogP) is 2.06. The van der Waals surface area contributed by atoms with Gasteiger partial charge in [0.25, 0.3) is 0 Å². The first-order valence-corrected chi connectivity index (χ1v) is 9.05. The SMILES string of the molecule is C=C1C(=O)O[C@H]2/C=C(\C)CC/C=C(\CO)[C@H](OC(=O)[C@H](C)CC)[C@H](O)[C@@H]12. The van der Waals surface area contributed by atoms with Gasteiger partial charge < -0.3 is 19.7 Å². The largest absolute Gasteiger partial charge is 0.455 e. The molecular weight excluding hydrogens is 336 g/mol. The van der Waals surface area contributed by atoms with Crippen molar-refractivity contribution in [3.8, 4) is 0 Å². The zero-order valence-corrected chi connectivity index (χ0v) is 15.6. The Morgan fingerprint density at radius 2 is 2.19 bits per heavy atom. The molecule has 1 saturated heterocycles. The van der Waals surface area contributed by atoms with Gasteiger partial charge in [-0.25, -0.2) is 4.79 Å². The average Bonchev–Trinajstić information content (AvgIpc) is 2.88. The summed E-state index contributed by atoms with van der Waals surface area (Å²) >= 11 is 0. The molecule has 2 rings (SSSR count). The second-order valence-electron chi connectivity index (χ2n) is 7.07. The van der Waals surface area contributed by atoms with Crippen molar-refractivity contribution in [2.75, 3.05) is 6.61 Å². The van der Waals surface area contributed by atoms with Crippen LogP contribution in [0.5, 0.6) is 0 Å². The molecule has 0 spiro atoms. The van der Waals surface area contributed by atoms with Crippen LogP contribution >= 0.6 is 0 Å². The monoisotopic (exact) mass is 364 g/mol. The second kappa shape index (κ2) is 8.64. The Bertz CT molecular complexity index is 632. The molecule has 144 valence electrons. The van der Waals surface area contributed by atoms with E-state index in [9.17, 15) is 19.8 Å². The number of aliphatic hydroxyl groups is 2. The van der Waals surface area contributed by atoms with Gasteiger partial charge in [-0.1, -0.05) is 32.1 Å².